The highest BCUT2D eigenvalue weighted by molar-refractivity contribution is 5.40. The van der Waals surface area contributed by atoms with Crippen LogP contribution in [0.5, 0.6) is 5.75 Å². The number of hydrogen-bond acceptors (Lipinski definition) is 1. The van der Waals surface area contributed by atoms with Gasteiger partial charge in [0.2, 0.25) is 0 Å². The van der Waals surface area contributed by atoms with E-state index < -0.39 is 6.36 Å². The van der Waals surface area contributed by atoms with Crippen molar-refractivity contribution < 1.29 is 17.9 Å². The fraction of sp³-hybridized carbons (Fsp3) is 0.474. The van der Waals surface area contributed by atoms with Crippen LogP contribution < -0.4 is 4.74 Å². The SMILES string of the molecule is CC[C@H]1CC[C@H](C=CC#Cc2ccc(OC(F)(F)F)cc2)CC1. The maximum Gasteiger partial charge on any atom is 0.573 e. The van der Waals surface area contributed by atoms with Crippen LogP contribution in [0, 0.1) is 23.7 Å². The van der Waals surface area contributed by atoms with Crippen LogP contribution in [0.2, 0.25) is 0 Å². The Hall–Kier alpha value is -1.89. The summed E-state index contributed by atoms with van der Waals surface area (Å²) < 4.78 is 40.0. The van der Waals surface area contributed by atoms with Gasteiger partial charge in [-0.05, 0) is 67.9 Å². The van der Waals surface area contributed by atoms with E-state index in [1.54, 1.807) is 0 Å². The third kappa shape index (κ3) is 6.40. The first-order valence-corrected chi connectivity index (χ1v) is 8.00. The molecule has 4 heteroatoms. The fourth-order valence-electron chi connectivity index (χ4n) is 2.84. The van der Waals surface area contributed by atoms with Crippen molar-refractivity contribution in [1.82, 2.24) is 0 Å². The molecule has 0 aliphatic heterocycles. The Morgan fingerprint density at radius 3 is 2.35 bits per heavy atom. The molecule has 1 fully saturated rings. The van der Waals surface area contributed by atoms with E-state index in [2.05, 4.69) is 29.6 Å². The Morgan fingerprint density at radius 2 is 1.78 bits per heavy atom. The monoisotopic (exact) mass is 322 g/mol. The minimum Gasteiger partial charge on any atom is -0.406 e. The third-order valence-corrected chi connectivity index (χ3v) is 4.22. The first kappa shape index (κ1) is 17.5. The van der Waals surface area contributed by atoms with Crippen LogP contribution in [0.1, 0.15) is 44.6 Å². The van der Waals surface area contributed by atoms with E-state index in [0.717, 1.165) is 5.92 Å². The number of alkyl halides is 3. The molecule has 0 spiro atoms. The largest absolute Gasteiger partial charge is 0.573 e. The van der Waals surface area contributed by atoms with Gasteiger partial charge in [-0.3, -0.25) is 0 Å². The lowest BCUT2D eigenvalue weighted by atomic mass is 9.81. The molecule has 0 radical (unpaired) electrons. The van der Waals surface area contributed by atoms with Crippen molar-refractivity contribution in [3.63, 3.8) is 0 Å². The summed E-state index contributed by atoms with van der Waals surface area (Å²) in [6.45, 7) is 2.25. The number of allylic oxidation sites excluding steroid dienone is 2. The Bertz CT molecular complexity index is 567. The molecule has 1 aliphatic rings. The predicted octanol–water partition coefficient (Wildman–Crippen LogP) is 5.71. The predicted molar refractivity (Wildman–Crippen MR) is 84.9 cm³/mol. The lowest BCUT2D eigenvalue weighted by molar-refractivity contribution is -0.274. The smallest absolute Gasteiger partial charge is 0.406 e. The molecule has 1 aliphatic carbocycles. The fourth-order valence-corrected chi connectivity index (χ4v) is 2.84. The quantitative estimate of drug-likeness (QED) is 0.648. The van der Waals surface area contributed by atoms with Gasteiger partial charge in [0.1, 0.15) is 5.75 Å². The molecule has 0 N–H and O–H groups in total. The maximum atomic E-state index is 12.1. The highest BCUT2D eigenvalue weighted by Gasteiger charge is 2.30. The van der Waals surface area contributed by atoms with Gasteiger partial charge < -0.3 is 4.74 Å². The molecular formula is C19H21F3O. The number of ether oxygens (including phenoxy) is 1. The first-order chi connectivity index (χ1) is 11.0. The van der Waals surface area contributed by atoms with E-state index in [9.17, 15) is 13.2 Å². The van der Waals surface area contributed by atoms with Crippen molar-refractivity contribution in [2.45, 2.75) is 45.4 Å². The van der Waals surface area contributed by atoms with Crippen LogP contribution >= 0.6 is 0 Å². The number of halogens is 3. The first-order valence-electron chi connectivity index (χ1n) is 8.00. The molecule has 1 aromatic carbocycles. The van der Waals surface area contributed by atoms with E-state index in [1.165, 1.54) is 56.4 Å². The van der Waals surface area contributed by atoms with Gasteiger partial charge in [0.05, 0.1) is 0 Å². The van der Waals surface area contributed by atoms with Gasteiger partial charge in [0.25, 0.3) is 0 Å². The Balaban J connectivity index is 1.84. The highest BCUT2D eigenvalue weighted by atomic mass is 19.4. The topological polar surface area (TPSA) is 9.23 Å². The molecule has 0 aromatic heterocycles. The van der Waals surface area contributed by atoms with Gasteiger partial charge in [-0.15, -0.1) is 13.2 Å². The highest BCUT2D eigenvalue weighted by Crippen LogP contribution is 2.31. The van der Waals surface area contributed by atoms with Crippen LogP contribution in [0.4, 0.5) is 13.2 Å². The van der Waals surface area contributed by atoms with Crippen LogP contribution in [-0.4, -0.2) is 6.36 Å². The Morgan fingerprint density at radius 1 is 1.13 bits per heavy atom. The maximum absolute atomic E-state index is 12.1. The Kier molecular flexibility index (Phi) is 6.15. The van der Waals surface area contributed by atoms with E-state index in [4.69, 9.17) is 0 Å². The van der Waals surface area contributed by atoms with Crippen molar-refractivity contribution >= 4 is 0 Å². The molecule has 0 heterocycles. The van der Waals surface area contributed by atoms with E-state index in [-0.39, 0.29) is 5.75 Å². The zero-order valence-corrected chi connectivity index (χ0v) is 13.2. The summed E-state index contributed by atoms with van der Waals surface area (Å²) in [5.74, 6) is 7.12. The van der Waals surface area contributed by atoms with E-state index in [0.29, 0.717) is 11.5 Å². The summed E-state index contributed by atoms with van der Waals surface area (Å²) in [5, 5.41) is 0. The van der Waals surface area contributed by atoms with Gasteiger partial charge in [0.15, 0.2) is 0 Å². The summed E-state index contributed by atoms with van der Waals surface area (Å²) in [4.78, 5) is 0. The molecular weight excluding hydrogens is 301 g/mol. The number of hydrogen-bond donors (Lipinski definition) is 0. The molecule has 1 nitrogen and oxygen atoms in total. The lowest BCUT2D eigenvalue weighted by Gasteiger charge is -2.25. The third-order valence-electron chi connectivity index (χ3n) is 4.22. The van der Waals surface area contributed by atoms with Gasteiger partial charge in [-0.25, -0.2) is 0 Å². The normalized spacial score (nSPS) is 21.7. The molecule has 0 unspecified atom stereocenters. The standard InChI is InChI=1S/C19H21F3O/c1-2-15-7-9-16(10-8-15)5-3-4-6-17-11-13-18(14-12-17)23-19(20,21)22/h3,5,11-16H,2,7-10H2,1H3/t15-,16-. The van der Waals surface area contributed by atoms with Crippen molar-refractivity contribution in [1.29, 1.82) is 0 Å². The Labute approximate surface area is 135 Å². The lowest BCUT2D eigenvalue weighted by Crippen LogP contribution is -2.16. The van der Waals surface area contributed by atoms with Crippen molar-refractivity contribution in [3.8, 4) is 17.6 Å². The summed E-state index contributed by atoms with van der Waals surface area (Å²) >= 11 is 0. The summed E-state index contributed by atoms with van der Waals surface area (Å²) in [6.07, 6.45) is 5.65. The van der Waals surface area contributed by atoms with Gasteiger partial charge >= 0.3 is 6.36 Å². The molecule has 124 valence electrons. The number of rotatable bonds is 3. The summed E-state index contributed by atoms with van der Waals surface area (Å²) in [5.41, 5.74) is 0.666. The van der Waals surface area contributed by atoms with Gasteiger partial charge in [-0.2, -0.15) is 0 Å². The van der Waals surface area contributed by atoms with Gasteiger partial charge in [0, 0.05) is 5.56 Å². The molecule has 0 bridgehead atoms. The zero-order chi connectivity index (χ0) is 16.7. The number of benzene rings is 1. The molecule has 0 amide bonds. The molecule has 0 atom stereocenters. The second-order valence-electron chi connectivity index (χ2n) is 5.89. The molecule has 1 aromatic rings. The second-order valence-corrected chi connectivity index (χ2v) is 5.89. The molecule has 1 saturated carbocycles. The summed E-state index contributed by atoms with van der Waals surface area (Å²) in [7, 11) is 0. The average Bonchev–Trinajstić information content (AvgIpc) is 2.52. The second kappa shape index (κ2) is 8.10. The van der Waals surface area contributed by atoms with Crippen molar-refractivity contribution in [2.75, 3.05) is 0 Å². The zero-order valence-electron chi connectivity index (χ0n) is 13.2. The minimum atomic E-state index is -4.66. The molecule has 23 heavy (non-hydrogen) atoms. The van der Waals surface area contributed by atoms with Crippen LogP contribution in [0.15, 0.2) is 36.4 Å². The van der Waals surface area contributed by atoms with Crippen LogP contribution in [0.3, 0.4) is 0 Å². The van der Waals surface area contributed by atoms with Crippen molar-refractivity contribution in [3.05, 3.63) is 42.0 Å². The van der Waals surface area contributed by atoms with E-state index in [1.807, 2.05) is 6.08 Å². The van der Waals surface area contributed by atoms with Crippen LogP contribution in [0.25, 0.3) is 0 Å². The minimum absolute atomic E-state index is 0.230. The molecule has 0 saturated heterocycles. The summed E-state index contributed by atoms with van der Waals surface area (Å²) in [6, 6.07) is 5.59. The van der Waals surface area contributed by atoms with Crippen LogP contribution in [-0.2, 0) is 0 Å². The average molecular weight is 322 g/mol. The van der Waals surface area contributed by atoms with E-state index >= 15 is 0 Å². The van der Waals surface area contributed by atoms with Gasteiger partial charge in [-0.1, -0.05) is 31.3 Å². The molecule has 2 rings (SSSR count). The van der Waals surface area contributed by atoms with Crippen molar-refractivity contribution in [2.24, 2.45) is 11.8 Å².